The van der Waals surface area contributed by atoms with Gasteiger partial charge in [-0.1, -0.05) is 48.0 Å². The Morgan fingerprint density at radius 1 is 1.09 bits per heavy atom. The normalized spacial score (nSPS) is 18.0. The maximum atomic E-state index is 2.37. The molecule has 0 aliphatic rings. The Balaban J connectivity index is 3.77. The minimum absolute atomic E-state index is 0.490. The van der Waals surface area contributed by atoms with E-state index in [4.69, 9.17) is 0 Å². The van der Waals surface area contributed by atoms with Crippen LogP contribution in [0, 0.1) is 17.3 Å². The third-order valence-electron chi connectivity index (χ3n) is 2.93. The van der Waals surface area contributed by atoms with Crippen molar-refractivity contribution in [2.45, 2.75) is 54.4 Å². The zero-order chi connectivity index (χ0) is 9.07. The minimum Gasteiger partial charge on any atom is -0.0651 e. The molecule has 0 saturated carbocycles. The maximum absolute atomic E-state index is 2.37. The molecule has 0 rings (SSSR count). The van der Waals surface area contributed by atoms with Gasteiger partial charge in [0.2, 0.25) is 0 Å². The molecule has 0 unspecified atom stereocenters. The van der Waals surface area contributed by atoms with Crippen LogP contribution in [0.2, 0.25) is 0 Å². The molecule has 68 valence electrons. The van der Waals surface area contributed by atoms with Crippen LogP contribution in [0.15, 0.2) is 0 Å². The van der Waals surface area contributed by atoms with Crippen LogP contribution in [0.25, 0.3) is 0 Å². The molecule has 0 heteroatoms. The summed E-state index contributed by atoms with van der Waals surface area (Å²) < 4.78 is 0. The molecule has 0 amide bonds. The van der Waals surface area contributed by atoms with Gasteiger partial charge >= 0.3 is 0 Å². The summed E-state index contributed by atoms with van der Waals surface area (Å²) in [6, 6.07) is 0. The van der Waals surface area contributed by atoms with Gasteiger partial charge in [-0.25, -0.2) is 0 Å². The van der Waals surface area contributed by atoms with Crippen molar-refractivity contribution in [1.29, 1.82) is 0 Å². The molecule has 0 fully saturated rings. The van der Waals surface area contributed by atoms with Crippen molar-refractivity contribution in [2.75, 3.05) is 0 Å². The highest BCUT2D eigenvalue weighted by Gasteiger charge is 2.20. The predicted molar refractivity (Wildman–Crippen MR) is 52.7 cm³/mol. The maximum Gasteiger partial charge on any atom is -0.0357 e. The van der Waals surface area contributed by atoms with Crippen LogP contribution in [0.3, 0.4) is 0 Å². The van der Waals surface area contributed by atoms with Gasteiger partial charge in [-0.05, 0) is 23.7 Å². The van der Waals surface area contributed by atoms with Crippen molar-refractivity contribution < 1.29 is 0 Å². The molecule has 0 aromatic rings. The molecule has 0 aromatic heterocycles. The molecular weight excluding hydrogens is 132 g/mol. The van der Waals surface area contributed by atoms with Gasteiger partial charge in [-0.2, -0.15) is 0 Å². The second-order valence-corrected chi connectivity index (χ2v) is 5.02. The van der Waals surface area contributed by atoms with Gasteiger partial charge in [0, 0.05) is 0 Å². The quantitative estimate of drug-likeness (QED) is 0.577. The van der Waals surface area contributed by atoms with Crippen molar-refractivity contribution in [3.8, 4) is 0 Å². The van der Waals surface area contributed by atoms with Crippen molar-refractivity contribution in [3.05, 3.63) is 0 Å². The lowest BCUT2D eigenvalue weighted by Gasteiger charge is -2.29. The Labute approximate surface area is 72.4 Å². The van der Waals surface area contributed by atoms with Gasteiger partial charge in [0.15, 0.2) is 0 Å². The average molecular weight is 156 g/mol. The number of rotatable bonds is 3. The van der Waals surface area contributed by atoms with E-state index in [1.165, 1.54) is 12.8 Å². The van der Waals surface area contributed by atoms with E-state index in [0.717, 1.165) is 11.8 Å². The topological polar surface area (TPSA) is 0 Å². The van der Waals surface area contributed by atoms with Crippen LogP contribution in [0.1, 0.15) is 54.4 Å². The Bertz CT molecular complexity index is 97.1. The minimum atomic E-state index is 0.490. The summed E-state index contributed by atoms with van der Waals surface area (Å²) in [7, 11) is 0. The molecule has 2 atom stereocenters. The molecule has 0 aliphatic carbocycles. The van der Waals surface area contributed by atoms with Crippen LogP contribution >= 0.6 is 0 Å². The Morgan fingerprint density at radius 3 is 1.82 bits per heavy atom. The van der Waals surface area contributed by atoms with E-state index in [2.05, 4.69) is 41.5 Å². The third kappa shape index (κ3) is 4.44. The van der Waals surface area contributed by atoms with Crippen LogP contribution in [-0.4, -0.2) is 0 Å². The molecule has 0 N–H and O–H groups in total. The lowest BCUT2D eigenvalue weighted by molar-refractivity contribution is 0.217. The molecule has 11 heavy (non-hydrogen) atoms. The van der Waals surface area contributed by atoms with Crippen molar-refractivity contribution in [3.63, 3.8) is 0 Å². The summed E-state index contributed by atoms with van der Waals surface area (Å²) in [6.45, 7) is 14.0. The smallest absolute Gasteiger partial charge is 0.0357 e. The first kappa shape index (κ1) is 11.0. The average Bonchev–Trinajstić information content (AvgIpc) is 1.85. The zero-order valence-corrected chi connectivity index (χ0v) is 9.07. The van der Waals surface area contributed by atoms with Gasteiger partial charge in [0.25, 0.3) is 0 Å². The lowest BCUT2D eigenvalue weighted by Crippen LogP contribution is -2.19. The lowest BCUT2D eigenvalue weighted by atomic mass is 9.77. The summed E-state index contributed by atoms with van der Waals surface area (Å²) in [5.41, 5.74) is 0.490. The van der Waals surface area contributed by atoms with Crippen LogP contribution in [0.4, 0.5) is 0 Å². The second kappa shape index (κ2) is 4.13. The first-order valence-corrected chi connectivity index (χ1v) is 4.88. The fourth-order valence-corrected chi connectivity index (χ4v) is 1.12. The summed E-state index contributed by atoms with van der Waals surface area (Å²) in [5, 5.41) is 0. The van der Waals surface area contributed by atoms with Gasteiger partial charge < -0.3 is 0 Å². The van der Waals surface area contributed by atoms with Crippen LogP contribution < -0.4 is 0 Å². The summed E-state index contributed by atoms with van der Waals surface area (Å²) in [4.78, 5) is 0. The Hall–Kier alpha value is 0. The number of hydrogen-bond donors (Lipinski definition) is 0. The molecule has 0 heterocycles. The fraction of sp³-hybridized carbons (Fsp3) is 1.00. The third-order valence-corrected chi connectivity index (χ3v) is 2.93. The molecule has 0 bridgehead atoms. The molecular formula is C11H24. The van der Waals surface area contributed by atoms with E-state index < -0.39 is 0 Å². The Morgan fingerprint density at radius 2 is 1.55 bits per heavy atom. The summed E-state index contributed by atoms with van der Waals surface area (Å²) in [5.74, 6) is 1.74. The van der Waals surface area contributed by atoms with E-state index >= 15 is 0 Å². The Kier molecular flexibility index (Phi) is 4.13. The van der Waals surface area contributed by atoms with E-state index in [-0.39, 0.29) is 0 Å². The first-order valence-electron chi connectivity index (χ1n) is 4.88. The molecule has 0 radical (unpaired) electrons. The van der Waals surface area contributed by atoms with Crippen molar-refractivity contribution in [1.82, 2.24) is 0 Å². The van der Waals surface area contributed by atoms with Crippen molar-refractivity contribution >= 4 is 0 Å². The van der Waals surface area contributed by atoms with Gasteiger partial charge in [-0.15, -0.1) is 0 Å². The van der Waals surface area contributed by atoms with Gasteiger partial charge in [-0.3, -0.25) is 0 Å². The van der Waals surface area contributed by atoms with Gasteiger partial charge in [0.1, 0.15) is 0 Å². The monoisotopic (exact) mass is 156 g/mol. The highest BCUT2D eigenvalue weighted by atomic mass is 14.3. The SMILES string of the molecule is CC[C@H](C)C[C@@H](C)C(C)(C)C. The zero-order valence-electron chi connectivity index (χ0n) is 9.07. The molecule has 0 aromatic carbocycles. The van der Waals surface area contributed by atoms with Crippen LogP contribution in [-0.2, 0) is 0 Å². The van der Waals surface area contributed by atoms with Gasteiger partial charge in [0.05, 0.1) is 0 Å². The molecule has 0 saturated heterocycles. The summed E-state index contributed by atoms with van der Waals surface area (Å²) >= 11 is 0. The van der Waals surface area contributed by atoms with E-state index in [1.807, 2.05) is 0 Å². The van der Waals surface area contributed by atoms with E-state index in [1.54, 1.807) is 0 Å². The largest absolute Gasteiger partial charge is 0.0651 e. The number of hydrogen-bond acceptors (Lipinski definition) is 0. The van der Waals surface area contributed by atoms with Crippen molar-refractivity contribution in [2.24, 2.45) is 17.3 Å². The predicted octanol–water partition coefficient (Wildman–Crippen LogP) is 4.10. The standard InChI is InChI=1S/C11H24/c1-7-9(2)8-10(3)11(4,5)6/h9-10H,7-8H2,1-6H3/t9-,10+/m0/s1. The van der Waals surface area contributed by atoms with Crippen LogP contribution in [0.5, 0.6) is 0 Å². The highest BCUT2D eigenvalue weighted by Crippen LogP contribution is 2.31. The molecule has 0 aliphatic heterocycles. The fourth-order valence-electron chi connectivity index (χ4n) is 1.12. The molecule has 0 spiro atoms. The molecule has 0 nitrogen and oxygen atoms in total. The summed E-state index contributed by atoms with van der Waals surface area (Å²) in [6.07, 6.45) is 2.69. The van der Waals surface area contributed by atoms with E-state index in [9.17, 15) is 0 Å². The second-order valence-electron chi connectivity index (χ2n) is 5.02. The highest BCUT2D eigenvalue weighted by molar-refractivity contribution is 4.71. The van der Waals surface area contributed by atoms with E-state index in [0.29, 0.717) is 5.41 Å². The first-order chi connectivity index (χ1) is 4.88.